The number of likely N-dealkylation sites (tertiary alicyclic amines) is 1. The largest absolute Gasteiger partial charge is 0.462 e. The lowest BCUT2D eigenvalue weighted by molar-refractivity contribution is -0.869. The smallest absolute Gasteiger partial charge is 0.311 e. The Morgan fingerprint density at radius 3 is 2.35 bits per heavy atom. The first-order chi connectivity index (χ1) is 9.10. The Kier molecular flexibility index (Phi) is 6.02. The van der Waals surface area contributed by atoms with Crippen molar-refractivity contribution in [3.63, 3.8) is 0 Å². The van der Waals surface area contributed by atoms with Gasteiger partial charge in [-0.1, -0.05) is 6.92 Å². The highest BCUT2D eigenvalue weighted by atomic mass is 16.5. The predicted molar refractivity (Wildman–Crippen MR) is 82.5 cm³/mol. The third-order valence-corrected chi connectivity index (χ3v) is 4.29. The number of hydrogen-bond donors (Lipinski definition) is 0. The molecule has 0 aliphatic carbocycles. The number of esters is 1. The van der Waals surface area contributed by atoms with Gasteiger partial charge in [0, 0.05) is 0 Å². The van der Waals surface area contributed by atoms with Crippen molar-refractivity contribution in [3.8, 4) is 0 Å². The van der Waals surface area contributed by atoms with Crippen LogP contribution in [0.5, 0.6) is 0 Å². The number of quaternary nitrogens is 1. The van der Waals surface area contributed by atoms with Crippen LogP contribution in [0.4, 0.5) is 0 Å². The Balaban J connectivity index is 2.32. The zero-order chi connectivity index (χ0) is 15.4. The maximum Gasteiger partial charge on any atom is 0.311 e. The number of rotatable bonds is 6. The van der Waals surface area contributed by atoms with Gasteiger partial charge < -0.3 is 14.1 Å². The van der Waals surface area contributed by atoms with Gasteiger partial charge in [-0.15, -0.1) is 0 Å². The van der Waals surface area contributed by atoms with Crippen molar-refractivity contribution in [3.05, 3.63) is 0 Å². The van der Waals surface area contributed by atoms with Crippen LogP contribution in [0, 0.1) is 5.41 Å². The van der Waals surface area contributed by atoms with Crippen LogP contribution in [-0.4, -0.2) is 69.3 Å². The molecule has 1 aliphatic heterocycles. The first-order valence-electron chi connectivity index (χ1n) is 7.78. The Morgan fingerprint density at radius 2 is 1.85 bits per heavy atom. The summed E-state index contributed by atoms with van der Waals surface area (Å²) in [5.41, 5.74) is 0.326. The molecule has 1 saturated heterocycles. The van der Waals surface area contributed by atoms with Crippen molar-refractivity contribution in [2.75, 3.05) is 47.8 Å². The molecule has 1 atom stereocenters. The van der Waals surface area contributed by atoms with Gasteiger partial charge in [0.15, 0.2) is 0 Å². The summed E-state index contributed by atoms with van der Waals surface area (Å²) in [6, 6.07) is 0. The van der Waals surface area contributed by atoms with Gasteiger partial charge >= 0.3 is 5.97 Å². The monoisotopic (exact) mass is 285 g/mol. The minimum absolute atomic E-state index is 0.0309. The van der Waals surface area contributed by atoms with Gasteiger partial charge in [-0.05, 0) is 51.7 Å². The van der Waals surface area contributed by atoms with Crippen LogP contribution >= 0.6 is 0 Å². The highest BCUT2D eigenvalue weighted by Crippen LogP contribution is 2.35. The molecule has 1 fully saturated rings. The highest BCUT2D eigenvalue weighted by Gasteiger charge is 2.31. The summed E-state index contributed by atoms with van der Waals surface area (Å²) in [5, 5.41) is 0. The molecule has 0 aromatic heterocycles. The van der Waals surface area contributed by atoms with Gasteiger partial charge in [-0.25, -0.2) is 0 Å². The molecule has 4 nitrogen and oxygen atoms in total. The average molecular weight is 285 g/mol. The lowest BCUT2D eigenvalue weighted by Gasteiger charge is -2.39. The van der Waals surface area contributed by atoms with Gasteiger partial charge in [0.25, 0.3) is 0 Å². The van der Waals surface area contributed by atoms with E-state index in [4.69, 9.17) is 4.74 Å². The third kappa shape index (κ3) is 6.71. The molecular formula is C16H33N2O2+. The van der Waals surface area contributed by atoms with Gasteiger partial charge in [-0.3, -0.25) is 4.79 Å². The van der Waals surface area contributed by atoms with Crippen molar-refractivity contribution < 1.29 is 14.0 Å². The van der Waals surface area contributed by atoms with Crippen LogP contribution in [0.2, 0.25) is 0 Å². The van der Waals surface area contributed by atoms with E-state index in [9.17, 15) is 4.79 Å². The predicted octanol–water partition coefficient (Wildman–Crippen LogP) is 2.14. The number of hydrogen-bond acceptors (Lipinski definition) is 3. The summed E-state index contributed by atoms with van der Waals surface area (Å²) in [6.45, 7) is 7.49. The molecule has 20 heavy (non-hydrogen) atoms. The van der Waals surface area contributed by atoms with Crippen LogP contribution in [-0.2, 0) is 9.53 Å². The van der Waals surface area contributed by atoms with Crippen LogP contribution < -0.4 is 0 Å². The van der Waals surface area contributed by atoms with Crippen molar-refractivity contribution in [1.29, 1.82) is 0 Å². The molecule has 0 saturated carbocycles. The Hall–Kier alpha value is -0.610. The van der Waals surface area contributed by atoms with Crippen molar-refractivity contribution in [2.45, 2.75) is 45.6 Å². The minimum Gasteiger partial charge on any atom is -0.462 e. The van der Waals surface area contributed by atoms with E-state index < -0.39 is 0 Å². The number of carbonyl (C=O) groups excluding carboxylic acids is 1. The van der Waals surface area contributed by atoms with E-state index in [0.29, 0.717) is 11.8 Å². The second-order valence-electron chi connectivity index (χ2n) is 7.88. The molecule has 0 radical (unpaired) electrons. The van der Waals surface area contributed by atoms with Gasteiger partial charge in [0.2, 0.25) is 0 Å². The van der Waals surface area contributed by atoms with E-state index in [1.54, 1.807) is 0 Å². The molecule has 1 rings (SSSR count). The lowest BCUT2D eigenvalue weighted by atomic mass is 9.76. The van der Waals surface area contributed by atoms with Crippen molar-refractivity contribution in [2.24, 2.45) is 5.41 Å². The van der Waals surface area contributed by atoms with Crippen LogP contribution in [0.3, 0.4) is 0 Å². The summed E-state index contributed by atoms with van der Waals surface area (Å²) in [7, 11) is 8.45. The fourth-order valence-corrected chi connectivity index (χ4v) is 2.81. The zero-order valence-electron chi connectivity index (χ0n) is 14.2. The first kappa shape index (κ1) is 17.4. The quantitative estimate of drug-likeness (QED) is 0.553. The first-order valence-corrected chi connectivity index (χ1v) is 7.78. The molecule has 0 aromatic rings. The zero-order valence-corrected chi connectivity index (χ0v) is 14.2. The Labute approximate surface area is 124 Å². The Morgan fingerprint density at radius 1 is 1.30 bits per heavy atom. The topological polar surface area (TPSA) is 29.5 Å². The molecule has 0 spiro atoms. The normalized spacial score (nSPS) is 21.5. The van der Waals surface area contributed by atoms with E-state index in [2.05, 4.69) is 40.0 Å². The SMILES string of the molecule is CC(CC1(C)CCN(C)CC1)OC(=O)CC[N+](C)(C)C. The molecule has 0 N–H and O–H groups in total. The molecule has 4 heteroatoms. The van der Waals surface area contributed by atoms with E-state index >= 15 is 0 Å². The highest BCUT2D eigenvalue weighted by molar-refractivity contribution is 5.69. The molecule has 0 amide bonds. The lowest BCUT2D eigenvalue weighted by Crippen LogP contribution is -2.39. The molecule has 1 unspecified atom stereocenters. The Bertz CT molecular complexity index is 315. The van der Waals surface area contributed by atoms with E-state index in [1.165, 1.54) is 12.8 Å². The average Bonchev–Trinajstić information content (AvgIpc) is 2.30. The second kappa shape index (κ2) is 6.90. The van der Waals surface area contributed by atoms with E-state index in [0.717, 1.165) is 30.5 Å². The van der Waals surface area contributed by atoms with Crippen LogP contribution in [0.1, 0.15) is 39.5 Å². The van der Waals surface area contributed by atoms with Crippen LogP contribution in [0.15, 0.2) is 0 Å². The summed E-state index contributed by atoms with van der Waals surface area (Å²) in [5.74, 6) is -0.0536. The summed E-state index contributed by atoms with van der Waals surface area (Å²) in [4.78, 5) is 14.2. The summed E-state index contributed by atoms with van der Waals surface area (Å²) >= 11 is 0. The maximum atomic E-state index is 11.9. The van der Waals surface area contributed by atoms with E-state index in [1.807, 2.05) is 6.92 Å². The minimum atomic E-state index is -0.0536. The van der Waals surface area contributed by atoms with Crippen LogP contribution in [0.25, 0.3) is 0 Å². The fraction of sp³-hybridized carbons (Fsp3) is 0.938. The number of ether oxygens (including phenoxy) is 1. The summed E-state index contributed by atoms with van der Waals surface area (Å²) in [6.07, 6.45) is 3.92. The standard InChI is InChI=1S/C16H33N2O2/c1-14(20-15(19)7-12-18(4,5)6)13-16(2)8-10-17(3)11-9-16/h14H,7-13H2,1-6H3/q+1. The molecular weight excluding hydrogens is 252 g/mol. The van der Waals surface area contributed by atoms with Gasteiger partial charge in [-0.2, -0.15) is 0 Å². The molecule has 0 bridgehead atoms. The molecule has 118 valence electrons. The molecule has 1 aliphatic rings. The fourth-order valence-electron chi connectivity index (χ4n) is 2.81. The maximum absolute atomic E-state index is 11.9. The van der Waals surface area contributed by atoms with Crippen molar-refractivity contribution in [1.82, 2.24) is 4.90 Å². The number of piperidine rings is 1. The van der Waals surface area contributed by atoms with Gasteiger partial charge in [0.1, 0.15) is 0 Å². The molecule has 1 heterocycles. The van der Waals surface area contributed by atoms with Gasteiger partial charge in [0.05, 0.1) is 40.2 Å². The number of nitrogens with zero attached hydrogens (tertiary/aromatic N) is 2. The van der Waals surface area contributed by atoms with E-state index in [-0.39, 0.29) is 12.1 Å². The molecule has 0 aromatic carbocycles. The second-order valence-corrected chi connectivity index (χ2v) is 7.88. The van der Waals surface area contributed by atoms with Crippen molar-refractivity contribution >= 4 is 5.97 Å². The summed E-state index contributed by atoms with van der Waals surface area (Å²) < 4.78 is 6.38. The number of carbonyl (C=O) groups is 1. The third-order valence-electron chi connectivity index (χ3n) is 4.29.